The van der Waals surface area contributed by atoms with Crippen molar-refractivity contribution in [2.24, 2.45) is 0 Å². The van der Waals surface area contributed by atoms with Crippen LogP contribution in [0.5, 0.6) is 5.88 Å². The minimum absolute atomic E-state index is 0.194. The van der Waals surface area contributed by atoms with E-state index in [1.165, 1.54) is 0 Å². The van der Waals surface area contributed by atoms with Crippen LogP contribution in [-0.2, 0) is 11.2 Å². The van der Waals surface area contributed by atoms with E-state index in [1.54, 1.807) is 26.6 Å². The fraction of sp³-hybridized carbons (Fsp3) is 0.600. The number of methoxy groups -OCH3 is 2. The third-order valence-corrected chi connectivity index (χ3v) is 3.92. The highest BCUT2D eigenvalue weighted by Gasteiger charge is 2.28. The molecule has 23 heavy (non-hydrogen) atoms. The first-order valence-electron chi connectivity index (χ1n) is 7.73. The van der Waals surface area contributed by atoms with Gasteiger partial charge in [-0.15, -0.1) is 0 Å². The first-order chi connectivity index (χ1) is 11.3. The maximum absolute atomic E-state index is 5.43. The molecule has 1 fully saturated rings. The number of ether oxygens (including phenoxy) is 2. The molecule has 2 aromatic rings. The van der Waals surface area contributed by atoms with E-state index < -0.39 is 0 Å². The molecule has 3 heterocycles. The lowest BCUT2D eigenvalue weighted by Crippen LogP contribution is -2.35. The van der Waals surface area contributed by atoms with Crippen molar-refractivity contribution in [2.75, 3.05) is 38.8 Å². The molecular weight excluding hydrogens is 298 g/mol. The number of aromatic nitrogens is 4. The van der Waals surface area contributed by atoms with Crippen molar-refractivity contribution in [1.82, 2.24) is 20.1 Å². The van der Waals surface area contributed by atoms with E-state index in [0.717, 1.165) is 31.7 Å². The van der Waals surface area contributed by atoms with Gasteiger partial charge in [-0.05, 0) is 12.8 Å². The zero-order valence-corrected chi connectivity index (χ0v) is 13.4. The first kappa shape index (κ1) is 15.7. The first-order valence-corrected chi connectivity index (χ1v) is 7.73. The summed E-state index contributed by atoms with van der Waals surface area (Å²) in [5, 5.41) is 4.02. The molecule has 124 valence electrons. The lowest BCUT2D eigenvalue weighted by Gasteiger charge is -2.32. The molecular formula is C15H21N5O3. The van der Waals surface area contributed by atoms with Crippen molar-refractivity contribution in [3.8, 4) is 5.88 Å². The van der Waals surface area contributed by atoms with Crippen LogP contribution in [-0.4, -0.2) is 54.0 Å². The second-order valence-electron chi connectivity index (χ2n) is 5.47. The molecule has 0 spiro atoms. The number of hydrogen-bond acceptors (Lipinski definition) is 8. The average molecular weight is 319 g/mol. The van der Waals surface area contributed by atoms with Gasteiger partial charge in [-0.3, -0.25) is 0 Å². The maximum Gasteiger partial charge on any atom is 0.257 e. The Morgan fingerprint density at radius 2 is 2.17 bits per heavy atom. The van der Waals surface area contributed by atoms with Gasteiger partial charge in [0.25, 0.3) is 5.88 Å². The van der Waals surface area contributed by atoms with Gasteiger partial charge in [0.1, 0.15) is 0 Å². The number of nitrogens with zero attached hydrogens (tertiary/aromatic N) is 5. The van der Waals surface area contributed by atoms with E-state index in [2.05, 4.69) is 25.0 Å². The van der Waals surface area contributed by atoms with Crippen LogP contribution < -0.4 is 9.64 Å². The van der Waals surface area contributed by atoms with Crippen LogP contribution in [0, 0.1) is 0 Å². The Kier molecular flexibility index (Phi) is 5.02. The van der Waals surface area contributed by atoms with E-state index in [1.807, 2.05) is 0 Å². The van der Waals surface area contributed by atoms with Gasteiger partial charge in [-0.1, -0.05) is 5.16 Å². The number of rotatable bonds is 6. The Balaban J connectivity index is 1.72. The Morgan fingerprint density at radius 1 is 1.30 bits per heavy atom. The minimum atomic E-state index is 0.194. The van der Waals surface area contributed by atoms with Gasteiger partial charge in [-0.2, -0.15) is 4.98 Å². The summed E-state index contributed by atoms with van der Waals surface area (Å²) in [6.45, 7) is 2.27. The fourth-order valence-corrected chi connectivity index (χ4v) is 2.78. The van der Waals surface area contributed by atoms with Crippen molar-refractivity contribution < 1.29 is 14.0 Å². The largest absolute Gasteiger partial charge is 0.478 e. The van der Waals surface area contributed by atoms with Crippen molar-refractivity contribution in [1.29, 1.82) is 0 Å². The van der Waals surface area contributed by atoms with E-state index in [4.69, 9.17) is 14.0 Å². The fourth-order valence-electron chi connectivity index (χ4n) is 2.78. The molecule has 1 atom stereocenters. The van der Waals surface area contributed by atoms with Gasteiger partial charge in [0.15, 0.2) is 11.6 Å². The summed E-state index contributed by atoms with van der Waals surface area (Å²) in [5.74, 6) is 2.87. The predicted molar refractivity (Wildman–Crippen MR) is 82.7 cm³/mol. The third kappa shape index (κ3) is 3.58. The smallest absolute Gasteiger partial charge is 0.257 e. The highest BCUT2D eigenvalue weighted by atomic mass is 16.5. The number of hydrogen-bond donors (Lipinski definition) is 0. The van der Waals surface area contributed by atoms with Crippen molar-refractivity contribution in [3.05, 3.63) is 24.1 Å². The summed E-state index contributed by atoms with van der Waals surface area (Å²) < 4.78 is 15.8. The summed E-state index contributed by atoms with van der Waals surface area (Å²) in [6.07, 6.45) is 6.01. The molecule has 0 amide bonds. The molecule has 0 radical (unpaired) electrons. The predicted octanol–water partition coefficient (Wildman–Crippen LogP) is 1.44. The van der Waals surface area contributed by atoms with Crippen LogP contribution in [0.3, 0.4) is 0 Å². The number of anilines is 1. The molecule has 1 aliphatic heterocycles. The molecule has 0 aliphatic carbocycles. The molecule has 2 aromatic heterocycles. The normalized spacial score (nSPS) is 18.2. The highest BCUT2D eigenvalue weighted by molar-refractivity contribution is 5.48. The van der Waals surface area contributed by atoms with Crippen molar-refractivity contribution >= 4 is 5.82 Å². The van der Waals surface area contributed by atoms with Gasteiger partial charge in [0.2, 0.25) is 5.89 Å². The average Bonchev–Trinajstić information content (AvgIpc) is 3.09. The SMILES string of the molecule is COCCc1noc(C2CCCN(c3nccnc3OC)C2)n1. The van der Waals surface area contributed by atoms with E-state index in [-0.39, 0.29) is 5.92 Å². The molecule has 1 saturated heterocycles. The molecule has 1 unspecified atom stereocenters. The van der Waals surface area contributed by atoms with Crippen molar-refractivity contribution in [2.45, 2.75) is 25.2 Å². The third-order valence-electron chi connectivity index (χ3n) is 3.92. The van der Waals surface area contributed by atoms with Crippen LogP contribution in [0.1, 0.15) is 30.5 Å². The Bertz CT molecular complexity index is 633. The van der Waals surface area contributed by atoms with Crippen LogP contribution in [0.25, 0.3) is 0 Å². The Labute approximate surface area is 134 Å². The Hall–Kier alpha value is -2.22. The van der Waals surface area contributed by atoms with E-state index >= 15 is 0 Å². The van der Waals surface area contributed by atoms with Gasteiger partial charge in [0.05, 0.1) is 19.6 Å². The summed E-state index contributed by atoms with van der Waals surface area (Å²) >= 11 is 0. The summed E-state index contributed by atoms with van der Waals surface area (Å²) in [6, 6.07) is 0. The topological polar surface area (TPSA) is 86.4 Å². The van der Waals surface area contributed by atoms with Gasteiger partial charge in [0, 0.05) is 39.0 Å². The lowest BCUT2D eigenvalue weighted by atomic mass is 9.98. The zero-order chi connectivity index (χ0) is 16.1. The molecule has 0 aromatic carbocycles. The molecule has 1 aliphatic rings. The summed E-state index contributed by atoms with van der Waals surface area (Å²) in [5.41, 5.74) is 0. The standard InChI is InChI=1S/C15H21N5O3/c1-21-9-5-12-18-14(23-19-12)11-4-3-8-20(10-11)13-15(22-2)17-7-6-16-13/h6-7,11H,3-5,8-10H2,1-2H3. The molecule has 3 rings (SSSR count). The monoisotopic (exact) mass is 319 g/mol. The van der Waals surface area contributed by atoms with Crippen LogP contribution in [0.15, 0.2) is 16.9 Å². The molecule has 0 bridgehead atoms. The zero-order valence-electron chi connectivity index (χ0n) is 13.4. The molecule has 0 N–H and O–H groups in total. The molecule has 8 nitrogen and oxygen atoms in total. The second kappa shape index (κ2) is 7.36. The summed E-state index contributed by atoms with van der Waals surface area (Å²) in [4.78, 5) is 15.3. The van der Waals surface area contributed by atoms with Crippen LogP contribution in [0.4, 0.5) is 5.82 Å². The highest BCUT2D eigenvalue weighted by Crippen LogP contribution is 2.31. The summed E-state index contributed by atoms with van der Waals surface area (Å²) in [7, 11) is 3.27. The van der Waals surface area contributed by atoms with Gasteiger partial charge >= 0.3 is 0 Å². The minimum Gasteiger partial charge on any atom is -0.478 e. The van der Waals surface area contributed by atoms with Gasteiger partial charge in [-0.25, -0.2) is 9.97 Å². The quantitative estimate of drug-likeness (QED) is 0.790. The van der Waals surface area contributed by atoms with Crippen molar-refractivity contribution in [3.63, 3.8) is 0 Å². The molecule has 8 heteroatoms. The maximum atomic E-state index is 5.43. The van der Waals surface area contributed by atoms with Gasteiger partial charge < -0.3 is 18.9 Å². The lowest BCUT2D eigenvalue weighted by molar-refractivity contribution is 0.199. The molecule has 0 saturated carbocycles. The second-order valence-corrected chi connectivity index (χ2v) is 5.47. The Morgan fingerprint density at radius 3 is 3.00 bits per heavy atom. The number of piperidine rings is 1. The van der Waals surface area contributed by atoms with E-state index in [0.29, 0.717) is 30.6 Å². The van der Waals surface area contributed by atoms with Crippen LogP contribution >= 0.6 is 0 Å². The van der Waals surface area contributed by atoms with Crippen LogP contribution in [0.2, 0.25) is 0 Å². The van der Waals surface area contributed by atoms with E-state index in [9.17, 15) is 0 Å².